The van der Waals surface area contributed by atoms with Crippen molar-refractivity contribution in [1.29, 1.82) is 0 Å². The normalized spacial score (nSPS) is 11.2. The Morgan fingerprint density at radius 3 is 2.44 bits per heavy atom. The van der Waals surface area contributed by atoms with Crippen molar-refractivity contribution in [3.63, 3.8) is 0 Å². The Kier molecular flexibility index (Phi) is 6.32. The molecule has 2 aromatic rings. The number of rotatable bonds is 5. The minimum atomic E-state index is -4.57. The Morgan fingerprint density at radius 1 is 1.19 bits per heavy atom. The molecular weight excluding hydrogens is 363 g/mol. The number of nitrogens with zero attached hydrogens (tertiary/aromatic N) is 1. The number of amides is 1. The van der Waals surface area contributed by atoms with Crippen LogP contribution in [0.4, 0.5) is 23.7 Å². The van der Waals surface area contributed by atoms with Crippen molar-refractivity contribution < 1.29 is 32.6 Å². The maximum Gasteiger partial charge on any atom is 0.438 e. The summed E-state index contributed by atoms with van der Waals surface area (Å²) in [5.41, 5.74) is 0.779. The molecule has 0 aromatic heterocycles. The number of halogens is 3. The zero-order valence-corrected chi connectivity index (χ0v) is 15.1. The van der Waals surface area contributed by atoms with Crippen LogP contribution in [-0.2, 0) is 23.9 Å². The van der Waals surface area contributed by atoms with E-state index in [9.17, 15) is 23.2 Å². The molecule has 1 amide bonds. The van der Waals surface area contributed by atoms with E-state index in [0.29, 0.717) is 23.1 Å². The van der Waals surface area contributed by atoms with Gasteiger partial charge in [-0.25, -0.2) is 4.79 Å². The van der Waals surface area contributed by atoms with Gasteiger partial charge in [0.15, 0.2) is 0 Å². The zero-order valence-electron chi connectivity index (χ0n) is 15.1. The fraction of sp³-hybridized carbons (Fsp3) is 0.316. The van der Waals surface area contributed by atoms with Gasteiger partial charge in [0.05, 0.1) is 18.4 Å². The van der Waals surface area contributed by atoms with E-state index in [-0.39, 0.29) is 23.1 Å². The van der Waals surface area contributed by atoms with Crippen molar-refractivity contribution >= 4 is 11.8 Å². The van der Waals surface area contributed by atoms with Crippen LogP contribution in [0.5, 0.6) is 5.75 Å². The van der Waals surface area contributed by atoms with Gasteiger partial charge in [0, 0.05) is 5.56 Å². The highest BCUT2D eigenvalue weighted by Crippen LogP contribution is 2.38. The molecule has 0 aliphatic rings. The number of hydrogen-bond donors (Lipinski definition) is 1. The first kappa shape index (κ1) is 20.6. The first-order valence-electron chi connectivity index (χ1n) is 8.17. The van der Waals surface area contributed by atoms with E-state index in [0.717, 1.165) is 13.2 Å². The molecule has 1 N–H and O–H groups in total. The third-order valence-corrected chi connectivity index (χ3v) is 4.07. The van der Waals surface area contributed by atoms with Gasteiger partial charge in [-0.15, -0.1) is 0 Å². The smallest absolute Gasteiger partial charge is 0.438 e. The highest BCUT2D eigenvalue weighted by molar-refractivity contribution is 5.85. The van der Waals surface area contributed by atoms with Crippen molar-refractivity contribution in [2.45, 2.75) is 33.1 Å². The van der Waals surface area contributed by atoms with E-state index in [2.05, 4.69) is 4.74 Å². The molecule has 0 atom stereocenters. The molecule has 2 rings (SSSR count). The van der Waals surface area contributed by atoms with E-state index >= 15 is 0 Å². The summed E-state index contributed by atoms with van der Waals surface area (Å²) in [6, 6.07) is 8.56. The quantitative estimate of drug-likeness (QED) is 0.575. The highest BCUT2D eigenvalue weighted by atomic mass is 19.4. The number of alkyl halides is 3. The van der Waals surface area contributed by atoms with Crippen molar-refractivity contribution in [3.8, 4) is 5.75 Å². The molecule has 27 heavy (non-hydrogen) atoms. The van der Waals surface area contributed by atoms with Crippen LogP contribution >= 0.6 is 0 Å². The van der Waals surface area contributed by atoms with Gasteiger partial charge in [-0.2, -0.15) is 18.2 Å². The SMILES string of the molecule is CCc1cc(C(F)(F)F)c(OCc2ccccc2N(O)C(=O)OC)cc1C. The van der Waals surface area contributed by atoms with E-state index in [1.165, 1.54) is 18.2 Å². The van der Waals surface area contributed by atoms with Crippen LogP contribution in [0.1, 0.15) is 29.2 Å². The van der Waals surface area contributed by atoms with E-state index < -0.39 is 17.8 Å². The molecular formula is C19H20F3NO4. The summed E-state index contributed by atoms with van der Waals surface area (Å²) in [4.78, 5) is 11.5. The molecule has 0 bridgehead atoms. The fourth-order valence-corrected chi connectivity index (χ4v) is 2.63. The summed E-state index contributed by atoms with van der Waals surface area (Å²) in [6.45, 7) is 3.21. The number of carbonyl (C=O) groups is 1. The number of methoxy groups -OCH3 is 1. The second-order valence-corrected chi connectivity index (χ2v) is 5.83. The van der Waals surface area contributed by atoms with Gasteiger partial charge in [0.25, 0.3) is 0 Å². The van der Waals surface area contributed by atoms with Crippen molar-refractivity contribution in [3.05, 3.63) is 58.7 Å². The molecule has 5 nitrogen and oxygen atoms in total. The summed E-state index contributed by atoms with van der Waals surface area (Å²) in [7, 11) is 1.10. The van der Waals surface area contributed by atoms with Crippen LogP contribution < -0.4 is 9.80 Å². The van der Waals surface area contributed by atoms with Gasteiger partial charge in [0.1, 0.15) is 12.4 Å². The molecule has 0 spiro atoms. The van der Waals surface area contributed by atoms with Crippen LogP contribution in [0.25, 0.3) is 0 Å². The molecule has 0 aliphatic heterocycles. The molecule has 8 heteroatoms. The summed E-state index contributed by atoms with van der Waals surface area (Å²) in [6.07, 6.45) is -5.13. The number of aryl methyl sites for hydroxylation is 2. The number of carbonyl (C=O) groups excluding carboxylic acids is 1. The average molecular weight is 383 g/mol. The van der Waals surface area contributed by atoms with Crippen molar-refractivity contribution in [2.24, 2.45) is 0 Å². The van der Waals surface area contributed by atoms with Gasteiger partial charge in [-0.05, 0) is 42.7 Å². The van der Waals surface area contributed by atoms with Gasteiger partial charge >= 0.3 is 12.3 Å². The Labute approximate surface area is 154 Å². The van der Waals surface area contributed by atoms with Gasteiger partial charge in [0.2, 0.25) is 0 Å². The molecule has 2 aromatic carbocycles. The average Bonchev–Trinajstić information content (AvgIpc) is 2.64. The lowest BCUT2D eigenvalue weighted by atomic mass is 10.0. The van der Waals surface area contributed by atoms with Crippen molar-refractivity contribution in [1.82, 2.24) is 0 Å². The van der Waals surface area contributed by atoms with Crippen LogP contribution in [0.2, 0.25) is 0 Å². The standard InChI is InChI=1S/C19H20F3NO4/c1-4-13-10-15(19(20,21)22)17(9-12(13)2)27-11-14-7-5-6-8-16(14)23(25)18(24)26-3/h5-10,25H,4,11H2,1-3H3. The summed E-state index contributed by atoms with van der Waals surface area (Å²) >= 11 is 0. The predicted octanol–water partition coefficient (Wildman–Crippen LogP) is 5.12. The van der Waals surface area contributed by atoms with E-state index in [1.807, 2.05) is 0 Å². The number of ether oxygens (including phenoxy) is 2. The van der Waals surface area contributed by atoms with Gasteiger partial charge < -0.3 is 9.47 Å². The first-order valence-corrected chi connectivity index (χ1v) is 8.17. The third-order valence-electron chi connectivity index (χ3n) is 4.07. The lowest BCUT2D eigenvalue weighted by Gasteiger charge is -2.19. The monoisotopic (exact) mass is 383 g/mol. The van der Waals surface area contributed by atoms with Crippen LogP contribution in [0, 0.1) is 6.92 Å². The number of benzene rings is 2. The number of hydrogen-bond acceptors (Lipinski definition) is 4. The number of hydroxylamine groups is 1. The van der Waals surface area contributed by atoms with Crippen LogP contribution in [0.3, 0.4) is 0 Å². The maximum atomic E-state index is 13.4. The molecule has 0 radical (unpaired) electrons. The molecule has 0 saturated heterocycles. The van der Waals surface area contributed by atoms with Crippen LogP contribution in [-0.4, -0.2) is 18.4 Å². The predicted molar refractivity (Wildman–Crippen MR) is 93.0 cm³/mol. The first-order chi connectivity index (χ1) is 12.7. The minimum Gasteiger partial charge on any atom is -0.488 e. The molecule has 146 valence electrons. The van der Waals surface area contributed by atoms with E-state index in [1.54, 1.807) is 26.0 Å². The van der Waals surface area contributed by atoms with Crippen LogP contribution in [0.15, 0.2) is 36.4 Å². The van der Waals surface area contributed by atoms with Crippen molar-refractivity contribution in [2.75, 3.05) is 12.2 Å². The Bertz CT molecular complexity index is 821. The van der Waals surface area contributed by atoms with Gasteiger partial charge in [-0.3, -0.25) is 5.21 Å². The molecule has 0 heterocycles. The largest absolute Gasteiger partial charge is 0.488 e. The van der Waals surface area contributed by atoms with E-state index in [4.69, 9.17) is 4.74 Å². The molecule has 0 fully saturated rings. The Hall–Kier alpha value is -2.74. The second-order valence-electron chi connectivity index (χ2n) is 5.83. The third kappa shape index (κ3) is 4.71. The second kappa shape index (κ2) is 8.30. The molecule has 0 unspecified atom stereocenters. The number of anilines is 1. The molecule has 0 aliphatic carbocycles. The summed E-state index contributed by atoms with van der Waals surface area (Å²) in [5, 5.41) is 10.2. The summed E-state index contributed by atoms with van der Waals surface area (Å²) in [5.74, 6) is -0.311. The summed E-state index contributed by atoms with van der Waals surface area (Å²) < 4.78 is 50.0. The Morgan fingerprint density at radius 2 is 1.85 bits per heavy atom. The van der Waals surface area contributed by atoms with Gasteiger partial charge in [-0.1, -0.05) is 25.1 Å². The fourth-order valence-electron chi connectivity index (χ4n) is 2.63. The zero-order chi connectivity index (χ0) is 20.2. The minimum absolute atomic E-state index is 0.0554. The highest BCUT2D eigenvalue weighted by Gasteiger charge is 2.35. The lowest BCUT2D eigenvalue weighted by molar-refractivity contribution is -0.139. The molecule has 0 saturated carbocycles. The number of para-hydroxylation sites is 1. The lowest BCUT2D eigenvalue weighted by Crippen LogP contribution is -2.27. The topological polar surface area (TPSA) is 59.0 Å². The maximum absolute atomic E-state index is 13.4. The Balaban J connectivity index is 2.35.